The Kier molecular flexibility index (Phi) is 5.08. The quantitative estimate of drug-likeness (QED) is 0.817. The minimum atomic E-state index is -3.19. The highest BCUT2D eigenvalue weighted by Crippen LogP contribution is 2.20. The van der Waals surface area contributed by atoms with Gasteiger partial charge in [0.25, 0.3) is 0 Å². The van der Waals surface area contributed by atoms with Crippen molar-refractivity contribution in [3.8, 4) is 0 Å². The normalized spacial score (nSPS) is 13.1. The van der Waals surface area contributed by atoms with Crippen LogP contribution in [0.3, 0.4) is 0 Å². The number of hydrogen-bond donors (Lipinski definition) is 0. The fourth-order valence-corrected chi connectivity index (χ4v) is 2.29. The summed E-state index contributed by atoms with van der Waals surface area (Å²) >= 11 is 0. The van der Waals surface area contributed by atoms with Crippen molar-refractivity contribution in [1.82, 2.24) is 4.90 Å². The molecule has 0 heterocycles. The van der Waals surface area contributed by atoms with Gasteiger partial charge >= 0.3 is 0 Å². The van der Waals surface area contributed by atoms with Gasteiger partial charge in [0, 0.05) is 20.4 Å². The Morgan fingerprint density at radius 1 is 1.32 bits per heavy atom. The molecular formula is C13H19NO4S. The Labute approximate surface area is 114 Å². The summed E-state index contributed by atoms with van der Waals surface area (Å²) in [7, 11) is -0.0305. The van der Waals surface area contributed by atoms with Gasteiger partial charge in [-0.05, 0) is 24.6 Å². The zero-order chi connectivity index (χ0) is 14.6. The minimum Gasteiger partial charge on any atom is -0.375 e. The van der Waals surface area contributed by atoms with Gasteiger partial charge in [0.1, 0.15) is 6.61 Å². The molecule has 5 nitrogen and oxygen atoms in total. The van der Waals surface area contributed by atoms with E-state index in [2.05, 4.69) is 0 Å². The van der Waals surface area contributed by atoms with Gasteiger partial charge in [0.2, 0.25) is 5.91 Å². The lowest BCUT2D eigenvalue weighted by Gasteiger charge is -2.25. The first-order valence-corrected chi connectivity index (χ1v) is 7.71. The zero-order valence-corrected chi connectivity index (χ0v) is 12.4. The van der Waals surface area contributed by atoms with E-state index in [0.717, 1.165) is 5.56 Å². The molecule has 106 valence electrons. The van der Waals surface area contributed by atoms with Gasteiger partial charge in [-0.15, -0.1) is 0 Å². The molecule has 1 aromatic rings. The van der Waals surface area contributed by atoms with Gasteiger partial charge in [0.05, 0.1) is 10.9 Å². The summed E-state index contributed by atoms with van der Waals surface area (Å²) in [6.07, 6.45) is 1.17. The number of benzene rings is 1. The maximum atomic E-state index is 11.7. The number of carbonyl (C=O) groups is 1. The summed E-state index contributed by atoms with van der Waals surface area (Å²) in [6, 6.07) is 6.40. The second-order valence-corrected chi connectivity index (χ2v) is 6.47. The third-order valence-electron chi connectivity index (χ3n) is 3.03. The Morgan fingerprint density at radius 3 is 2.26 bits per heavy atom. The smallest absolute Gasteiger partial charge is 0.248 e. The second-order valence-electron chi connectivity index (χ2n) is 4.45. The van der Waals surface area contributed by atoms with E-state index >= 15 is 0 Å². The maximum absolute atomic E-state index is 11.7. The fourth-order valence-electron chi connectivity index (χ4n) is 1.66. The number of carbonyl (C=O) groups excluding carboxylic acids is 1. The first kappa shape index (κ1) is 15.7. The van der Waals surface area contributed by atoms with Crippen molar-refractivity contribution in [2.45, 2.75) is 17.9 Å². The molecule has 19 heavy (non-hydrogen) atoms. The van der Waals surface area contributed by atoms with Crippen LogP contribution in [0.5, 0.6) is 0 Å². The molecule has 1 rings (SSSR count). The topological polar surface area (TPSA) is 63.7 Å². The molecule has 6 heteroatoms. The Bertz CT molecular complexity index is 536. The van der Waals surface area contributed by atoms with Crippen LogP contribution in [-0.2, 0) is 19.4 Å². The number of ether oxygens (including phenoxy) is 1. The summed E-state index contributed by atoms with van der Waals surface area (Å²) in [5, 5.41) is 0. The molecule has 0 saturated heterocycles. The predicted molar refractivity (Wildman–Crippen MR) is 72.6 cm³/mol. The van der Waals surface area contributed by atoms with Crippen LogP contribution in [0.1, 0.15) is 18.5 Å². The molecule has 1 aromatic carbocycles. The van der Waals surface area contributed by atoms with Crippen LogP contribution < -0.4 is 0 Å². The molecule has 0 bridgehead atoms. The van der Waals surface area contributed by atoms with Crippen LogP contribution in [0.15, 0.2) is 29.2 Å². The Morgan fingerprint density at radius 2 is 1.84 bits per heavy atom. The SMILES string of the molecule is COCC(=O)N(C)C(C)c1ccc(S(C)(=O)=O)cc1. The fraction of sp³-hybridized carbons (Fsp3) is 0.462. The lowest BCUT2D eigenvalue weighted by molar-refractivity contribution is -0.135. The number of amides is 1. The molecule has 0 aliphatic rings. The van der Waals surface area contributed by atoms with Crippen LogP contribution >= 0.6 is 0 Å². The molecule has 1 atom stereocenters. The molecule has 1 unspecified atom stereocenters. The molecule has 0 spiro atoms. The lowest BCUT2D eigenvalue weighted by atomic mass is 10.1. The zero-order valence-electron chi connectivity index (χ0n) is 11.6. The van der Waals surface area contributed by atoms with Crippen LogP contribution in [0, 0.1) is 0 Å². The summed E-state index contributed by atoms with van der Waals surface area (Å²) in [5.41, 5.74) is 0.874. The minimum absolute atomic E-state index is 0.0300. The molecule has 0 saturated carbocycles. The number of methoxy groups -OCH3 is 1. The second kappa shape index (κ2) is 6.16. The first-order chi connectivity index (χ1) is 8.77. The van der Waals surface area contributed by atoms with E-state index in [4.69, 9.17) is 4.74 Å². The van der Waals surface area contributed by atoms with Gasteiger partial charge in [-0.25, -0.2) is 8.42 Å². The number of rotatable bonds is 5. The molecule has 0 fully saturated rings. The van der Waals surface area contributed by atoms with E-state index in [1.807, 2.05) is 6.92 Å². The van der Waals surface area contributed by atoms with Gasteiger partial charge in [-0.2, -0.15) is 0 Å². The highest BCUT2D eigenvalue weighted by atomic mass is 32.2. The van der Waals surface area contributed by atoms with E-state index < -0.39 is 9.84 Å². The summed E-state index contributed by atoms with van der Waals surface area (Å²) in [4.78, 5) is 13.5. The van der Waals surface area contributed by atoms with Crippen molar-refractivity contribution < 1.29 is 17.9 Å². The highest BCUT2D eigenvalue weighted by Gasteiger charge is 2.17. The van der Waals surface area contributed by atoms with Gasteiger partial charge in [-0.1, -0.05) is 12.1 Å². The van der Waals surface area contributed by atoms with Crippen molar-refractivity contribution in [2.24, 2.45) is 0 Å². The number of likely N-dealkylation sites (N-methyl/N-ethyl adjacent to an activating group) is 1. The Balaban J connectivity index is 2.89. The van der Waals surface area contributed by atoms with E-state index in [9.17, 15) is 13.2 Å². The summed E-state index contributed by atoms with van der Waals surface area (Å²) < 4.78 is 27.5. The van der Waals surface area contributed by atoms with Crippen LogP contribution in [-0.4, -0.2) is 46.2 Å². The average molecular weight is 285 g/mol. The maximum Gasteiger partial charge on any atom is 0.248 e. The standard InChI is InChI=1S/C13H19NO4S/c1-10(14(2)13(15)9-18-3)11-5-7-12(8-6-11)19(4,16)17/h5-8,10H,9H2,1-4H3. The molecule has 0 aliphatic heterocycles. The molecule has 0 aliphatic carbocycles. The van der Waals surface area contributed by atoms with E-state index in [-0.39, 0.29) is 23.5 Å². The molecule has 0 N–H and O–H groups in total. The van der Waals surface area contributed by atoms with Crippen LogP contribution in [0.2, 0.25) is 0 Å². The third-order valence-corrected chi connectivity index (χ3v) is 4.16. The number of sulfone groups is 1. The van der Waals surface area contributed by atoms with E-state index in [1.54, 1.807) is 36.2 Å². The molecular weight excluding hydrogens is 266 g/mol. The van der Waals surface area contributed by atoms with Gasteiger partial charge < -0.3 is 9.64 Å². The van der Waals surface area contributed by atoms with Crippen molar-refractivity contribution >= 4 is 15.7 Å². The summed E-state index contributed by atoms with van der Waals surface area (Å²) in [5.74, 6) is -0.123. The number of nitrogens with zero attached hydrogens (tertiary/aromatic N) is 1. The van der Waals surface area contributed by atoms with E-state index in [0.29, 0.717) is 0 Å². The summed E-state index contributed by atoms with van der Waals surface area (Å²) in [6.45, 7) is 1.91. The van der Waals surface area contributed by atoms with E-state index in [1.165, 1.54) is 13.4 Å². The van der Waals surface area contributed by atoms with Gasteiger partial charge in [-0.3, -0.25) is 4.79 Å². The lowest BCUT2D eigenvalue weighted by Crippen LogP contribution is -2.32. The number of hydrogen-bond acceptors (Lipinski definition) is 4. The first-order valence-electron chi connectivity index (χ1n) is 5.82. The highest BCUT2D eigenvalue weighted by molar-refractivity contribution is 7.90. The predicted octanol–water partition coefficient (Wildman–Crippen LogP) is 1.26. The van der Waals surface area contributed by atoms with Crippen molar-refractivity contribution in [3.63, 3.8) is 0 Å². The third kappa shape index (κ3) is 4.04. The molecule has 0 radical (unpaired) electrons. The van der Waals surface area contributed by atoms with Crippen molar-refractivity contribution in [3.05, 3.63) is 29.8 Å². The van der Waals surface area contributed by atoms with Crippen LogP contribution in [0.25, 0.3) is 0 Å². The monoisotopic (exact) mass is 285 g/mol. The van der Waals surface area contributed by atoms with Crippen LogP contribution in [0.4, 0.5) is 0 Å². The average Bonchev–Trinajstić information content (AvgIpc) is 2.36. The largest absolute Gasteiger partial charge is 0.375 e. The van der Waals surface area contributed by atoms with Crippen molar-refractivity contribution in [2.75, 3.05) is 27.0 Å². The molecule has 1 amide bonds. The molecule has 0 aromatic heterocycles. The Hall–Kier alpha value is -1.40. The van der Waals surface area contributed by atoms with Crippen molar-refractivity contribution in [1.29, 1.82) is 0 Å². The van der Waals surface area contributed by atoms with Gasteiger partial charge in [0.15, 0.2) is 9.84 Å².